The standard InChI is InChI=1S/C32H28N2O2S/c1-22-11-13-24(14-12-22)30(35)21-37-32-28(19-33)31(27-9-5-6-10-29(27)34-32)25-15-17-26(18-16-25)36-20-23-7-3-2-4-8-23/h2-4,7-8,11-18H,5-6,9-10,20-21H2,1H3. The van der Waals surface area contributed by atoms with Crippen LogP contribution in [0.4, 0.5) is 0 Å². The Hall–Kier alpha value is -3.88. The smallest absolute Gasteiger partial charge is 0.173 e. The lowest BCUT2D eigenvalue weighted by Crippen LogP contribution is -2.11. The number of nitriles is 1. The number of ether oxygens (including phenoxy) is 1. The van der Waals surface area contributed by atoms with Crippen LogP contribution >= 0.6 is 11.8 Å². The molecule has 1 aliphatic carbocycles. The monoisotopic (exact) mass is 504 g/mol. The summed E-state index contributed by atoms with van der Waals surface area (Å²) in [5, 5.41) is 10.9. The molecule has 0 spiro atoms. The van der Waals surface area contributed by atoms with Gasteiger partial charge in [0.05, 0.1) is 11.3 Å². The molecule has 184 valence electrons. The number of aromatic nitrogens is 1. The zero-order valence-corrected chi connectivity index (χ0v) is 21.7. The predicted molar refractivity (Wildman–Crippen MR) is 148 cm³/mol. The normalized spacial score (nSPS) is 12.4. The second-order valence-corrected chi connectivity index (χ2v) is 10.3. The van der Waals surface area contributed by atoms with E-state index in [2.05, 4.69) is 6.07 Å². The van der Waals surface area contributed by atoms with Crippen molar-refractivity contribution >= 4 is 17.5 Å². The molecule has 0 saturated heterocycles. The average molecular weight is 505 g/mol. The second-order valence-electron chi connectivity index (χ2n) is 9.29. The van der Waals surface area contributed by atoms with Gasteiger partial charge in [-0.05, 0) is 61.4 Å². The van der Waals surface area contributed by atoms with E-state index in [0.29, 0.717) is 22.8 Å². The van der Waals surface area contributed by atoms with Crippen LogP contribution in [0.2, 0.25) is 0 Å². The number of pyridine rings is 1. The molecule has 4 nitrogen and oxygen atoms in total. The van der Waals surface area contributed by atoms with Gasteiger partial charge >= 0.3 is 0 Å². The Labute approximate surface area is 222 Å². The third-order valence-electron chi connectivity index (χ3n) is 6.66. The van der Waals surface area contributed by atoms with E-state index in [0.717, 1.165) is 64.9 Å². The van der Waals surface area contributed by atoms with Crippen molar-refractivity contribution in [3.05, 3.63) is 112 Å². The minimum Gasteiger partial charge on any atom is -0.489 e. The topological polar surface area (TPSA) is 63.0 Å². The number of nitrogens with zero attached hydrogens (tertiary/aromatic N) is 2. The molecule has 0 saturated carbocycles. The molecule has 1 aromatic heterocycles. The van der Waals surface area contributed by atoms with Crippen LogP contribution in [0.15, 0.2) is 83.9 Å². The Morgan fingerprint density at radius 1 is 0.973 bits per heavy atom. The fourth-order valence-electron chi connectivity index (χ4n) is 4.66. The molecule has 0 unspecified atom stereocenters. The Morgan fingerprint density at radius 3 is 2.43 bits per heavy atom. The van der Waals surface area contributed by atoms with Gasteiger partial charge in [0, 0.05) is 16.8 Å². The van der Waals surface area contributed by atoms with E-state index in [-0.39, 0.29) is 11.5 Å². The van der Waals surface area contributed by atoms with E-state index in [1.165, 1.54) is 11.8 Å². The van der Waals surface area contributed by atoms with Crippen molar-refractivity contribution < 1.29 is 9.53 Å². The first-order valence-corrected chi connectivity index (χ1v) is 13.6. The molecule has 3 aromatic carbocycles. The summed E-state index contributed by atoms with van der Waals surface area (Å²) in [4.78, 5) is 17.7. The number of hydrogen-bond acceptors (Lipinski definition) is 5. The summed E-state index contributed by atoms with van der Waals surface area (Å²) in [6.07, 6.45) is 3.98. The van der Waals surface area contributed by atoms with Gasteiger partial charge in [-0.15, -0.1) is 0 Å². The summed E-state index contributed by atoms with van der Waals surface area (Å²) in [6.45, 7) is 2.51. The lowest BCUT2D eigenvalue weighted by atomic mass is 9.87. The molecule has 5 heteroatoms. The van der Waals surface area contributed by atoms with Crippen LogP contribution in [0.25, 0.3) is 11.1 Å². The van der Waals surface area contributed by atoms with Crippen LogP contribution in [-0.4, -0.2) is 16.5 Å². The third kappa shape index (κ3) is 5.76. The van der Waals surface area contributed by atoms with Gasteiger partial charge in [-0.1, -0.05) is 84.1 Å². The Morgan fingerprint density at radius 2 is 1.70 bits per heavy atom. The average Bonchev–Trinajstić information content (AvgIpc) is 2.95. The van der Waals surface area contributed by atoms with Crippen LogP contribution < -0.4 is 4.74 Å². The number of ketones is 1. The van der Waals surface area contributed by atoms with Crippen molar-refractivity contribution in [2.24, 2.45) is 0 Å². The first-order chi connectivity index (χ1) is 18.1. The zero-order chi connectivity index (χ0) is 25.6. The molecule has 0 bridgehead atoms. The predicted octanol–water partition coefficient (Wildman–Crippen LogP) is 7.36. The Kier molecular flexibility index (Phi) is 7.67. The fourth-order valence-corrected chi connectivity index (χ4v) is 5.56. The molecule has 1 heterocycles. The highest BCUT2D eigenvalue weighted by Gasteiger charge is 2.24. The van der Waals surface area contributed by atoms with Gasteiger partial charge in [-0.25, -0.2) is 4.98 Å². The minimum absolute atomic E-state index is 0.0369. The van der Waals surface area contributed by atoms with Gasteiger partial charge in [0.15, 0.2) is 5.78 Å². The highest BCUT2D eigenvalue weighted by molar-refractivity contribution is 8.00. The first kappa shape index (κ1) is 24.8. The van der Waals surface area contributed by atoms with Crippen molar-refractivity contribution in [3.8, 4) is 22.9 Å². The number of hydrogen-bond donors (Lipinski definition) is 0. The highest BCUT2D eigenvalue weighted by atomic mass is 32.2. The summed E-state index contributed by atoms with van der Waals surface area (Å²) < 4.78 is 5.97. The van der Waals surface area contributed by atoms with E-state index in [1.807, 2.05) is 85.8 Å². The van der Waals surface area contributed by atoms with Gasteiger partial charge in [0.2, 0.25) is 0 Å². The zero-order valence-electron chi connectivity index (χ0n) is 20.9. The van der Waals surface area contributed by atoms with Crippen LogP contribution in [-0.2, 0) is 19.4 Å². The van der Waals surface area contributed by atoms with E-state index < -0.39 is 0 Å². The lowest BCUT2D eigenvalue weighted by Gasteiger charge is -2.22. The maximum Gasteiger partial charge on any atom is 0.173 e. The molecule has 1 aliphatic rings. The number of aryl methyl sites for hydroxylation is 2. The van der Waals surface area contributed by atoms with Crippen LogP contribution in [0, 0.1) is 18.3 Å². The number of carbonyl (C=O) groups excluding carboxylic acids is 1. The first-order valence-electron chi connectivity index (χ1n) is 12.6. The SMILES string of the molecule is Cc1ccc(C(=O)CSc2nc3c(c(-c4ccc(OCc5ccccc5)cc4)c2C#N)CCCC3)cc1. The highest BCUT2D eigenvalue weighted by Crippen LogP contribution is 2.38. The van der Waals surface area contributed by atoms with Gasteiger partial charge in [0.25, 0.3) is 0 Å². The molecule has 0 fully saturated rings. The fraction of sp³-hybridized carbons (Fsp3) is 0.219. The van der Waals surface area contributed by atoms with E-state index in [9.17, 15) is 10.1 Å². The molecule has 0 radical (unpaired) electrons. The molecule has 37 heavy (non-hydrogen) atoms. The molecule has 4 aromatic rings. The van der Waals surface area contributed by atoms with Crippen molar-refractivity contribution in [2.75, 3.05) is 5.75 Å². The van der Waals surface area contributed by atoms with Gasteiger partial charge < -0.3 is 4.74 Å². The largest absolute Gasteiger partial charge is 0.489 e. The van der Waals surface area contributed by atoms with Gasteiger partial charge in [-0.3, -0.25) is 4.79 Å². The van der Waals surface area contributed by atoms with Crippen molar-refractivity contribution in [3.63, 3.8) is 0 Å². The third-order valence-corrected chi connectivity index (χ3v) is 7.63. The van der Waals surface area contributed by atoms with E-state index in [4.69, 9.17) is 9.72 Å². The van der Waals surface area contributed by atoms with Gasteiger partial charge in [0.1, 0.15) is 23.5 Å². The molecule has 0 amide bonds. The number of carbonyl (C=O) groups is 1. The van der Waals surface area contributed by atoms with Crippen molar-refractivity contribution in [1.82, 2.24) is 4.98 Å². The van der Waals surface area contributed by atoms with Crippen LogP contribution in [0.5, 0.6) is 5.75 Å². The molecule has 0 atom stereocenters. The molecule has 0 aliphatic heterocycles. The van der Waals surface area contributed by atoms with Crippen molar-refractivity contribution in [2.45, 2.75) is 44.2 Å². The Balaban J connectivity index is 1.42. The molecular formula is C32H28N2O2S. The number of rotatable bonds is 8. The maximum absolute atomic E-state index is 12.8. The number of thioether (sulfide) groups is 1. The number of benzene rings is 3. The van der Waals surface area contributed by atoms with Gasteiger partial charge in [-0.2, -0.15) is 5.26 Å². The number of Topliss-reactive ketones (excluding diaryl/α,β-unsaturated/α-hetero) is 1. The summed E-state index contributed by atoms with van der Waals surface area (Å²) in [5.41, 5.74) is 7.62. The second kappa shape index (κ2) is 11.5. The van der Waals surface area contributed by atoms with E-state index in [1.54, 1.807) is 0 Å². The molecule has 5 rings (SSSR count). The quantitative estimate of drug-likeness (QED) is 0.185. The molecular weight excluding hydrogens is 476 g/mol. The van der Waals surface area contributed by atoms with Crippen molar-refractivity contribution in [1.29, 1.82) is 5.26 Å². The summed E-state index contributed by atoms with van der Waals surface area (Å²) in [7, 11) is 0. The van der Waals surface area contributed by atoms with E-state index >= 15 is 0 Å². The Bertz CT molecular complexity index is 1440. The van der Waals surface area contributed by atoms with Crippen LogP contribution in [0.1, 0.15) is 51.1 Å². The minimum atomic E-state index is 0.0369. The molecule has 0 N–H and O–H groups in total. The lowest BCUT2D eigenvalue weighted by molar-refractivity contribution is 0.102. The maximum atomic E-state index is 12.8. The summed E-state index contributed by atoms with van der Waals surface area (Å²) >= 11 is 1.36. The number of fused-ring (bicyclic) bond motifs is 1. The van der Waals surface area contributed by atoms with Crippen LogP contribution in [0.3, 0.4) is 0 Å². The summed E-state index contributed by atoms with van der Waals surface area (Å²) in [5.74, 6) is 1.07. The summed E-state index contributed by atoms with van der Waals surface area (Å²) in [6, 6.07) is 28.1.